The number of hydrogen-bond acceptors (Lipinski definition) is 1. The van der Waals surface area contributed by atoms with Crippen LogP contribution in [0, 0.1) is 0 Å². The Balaban J connectivity index is 2.32. The average Bonchev–Trinajstić information content (AvgIpc) is 2.33. The Morgan fingerprint density at radius 3 is 2.92 bits per heavy atom. The summed E-state index contributed by atoms with van der Waals surface area (Å²) >= 11 is 2.35. The normalized spacial score (nSPS) is 17.1. The highest BCUT2D eigenvalue weighted by molar-refractivity contribution is 14.2. The molecule has 0 aromatic carbocycles. The van der Waals surface area contributed by atoms with E-state index in [4.69, 9.17) is 0 Å². The molecule has 1 aliphatic carbocycles. The molecule has 3 heteroatoms. The number of nitrogens with zero attached hydrogens (tertiary/aromatic N) is 1. The molecule has 0 amide bonds. The zero-order chi connectivity index (χ0) is 8.39. The van der Waals surface area contributed by atoms with Crippen molar-refractivity contribution in [1.82, 2.24) is 3.97 Å². The summed E-state index contributed by atoms with van der Waals surface area (Å²) in [5.74, 6) is 0. The molecule has 0 bridgehead atoms. The molecule has 66 valence electrons. The quantitative estimate of drug-likeness (QED) is 0.566. The lowest BCUT2D eigenvalue weighted by Gasteiger charge is -2.03. The van der Waals surface area contributed by atoms with Crippen LogP contribution in [0.1, 0.15) is 30.5 Å². The maximum atomic E-state index is 2.35. The molecule has 12 heavy (non-hydrogen) atoms. The van der Waals surface area contributed by atoms with Gasteiger partial charge in [-0.15, -0.1) is 0 Å². The zero-order valence-corrected chi connectivity index (χ0v) is 9.90. The molecule has 0 N–H and O–H groups in total. The highest BCUT2D eigenvalue weighted by atomic mass is 127. The van der Waals surface area contributed by atoms with Gasteiger partial charge in [0.1, 0.15) is 0 Å². The molecule has 0 radical (unpaired) electrons. The Hall–Kier alpha value is 0.360. The molecule has 0 fully saturated rings. The zero-order valence-electron chi connectivity index (χ0n) is 6.92. The van der Waals surface area contributed by atoms with Crippen LogP contribution in [-0.4, -0.2) is 3.97 Å². The maximum absolute atomic E-state index is 2.35. The summed E-state index contributed by atoms with van der Waals surface area (Å²) in [6.07, 6.45) is 8.92. The number of aryl methyl sites for hydroxylation is 1. The van der Waals surface area contributed by atoms with E-state index in [2.05, 4.69) is 37.4 Å². The van der Waals surface area contributed by atoms with E-state index in [1.165, 1.54) is 32.1 Å². The van der Waals surface area contributed by atoms with Gasteiger partial charge in [0.2, 0.25) is 0 Å². The van der Waals surface area contributed by atoms with Crippen LogP contribution in [0.15, 0.2) is 12.3 Å². The molecule has 0 spiro atoms. The van der Waals surface area contributed by atoms with Gasteiger partial charge in [0.05, 0.1) is 0 Å². The van der Waals surface area contributed by atoms with Gasteiger partial charge in [0.25, 0.3) is 0 Å². The second kappa shape index (κ2) is 4.05. The Bertz CT molecular complexity index is 269. The third-order valence-corrected chi connectivity index (χ3v) is 4.25. The van der Waals surface area contributed by atoms with Crippen LogP contribution in [0.25, 0.3) is 0 Å². The first kappa shape index (κ1) is 8.94. The fraction of sp³-hybridized carbons (Fsp3) is 0.556. The number of fused-ring (bicyclic) bond motifs is 1. The first-order valence-electron chi connectivity index (χ1n) is 4.40. The molecule has 1 aromatic rings. The molecular formula is C9H12INS. The molecule has 0 aliphatic heterocycles. The predicted molar refractivity (Wildman–Crippen MR) is 62.7 cm³/mol. The minimum Gasteiger partial charge on any atom is -0.287 e. The van der Waals surface area contributed by atoms with Crippen molar-refractivity contribution >= 4 is 30.3 Å². The number of aromatic nitrogens is 1. The molecule has 0 saturated carbocycles. The number of halogens is 1. The SMILES string of the molecule is ISn1ccc2c1CCCCC2. The van der Waals surface area contributed by atoms with Crippen LogP contribution >= 0.6 is 30.3 Å². The molecule has 1 heterocycles. The summed E-state index contributed by atoms with van der Waals surface area (Å²) in [6.45, 7) is 0. The fourth-order valence-electron chi connectivity index (χ4n) is 1.83. The van der Waals surface area contributed by atoms with Gasteiger partial charge in [-0.1, -0.05) is 6.42 Å². The van der Waals surface area contributed by atoms with E-state index in [0.29, 0.717) is 0 Å². The number of rotatable bonds is 1. The van der Waals surface area contributed by atoms with Crippen molar-refractivity contribution in [3.8, 4) is 0 Å². The van der Waals surface area contributed by atoms with Gasteiger partial charge in [0.15, 0.2) is 0 Å². The maximum Gasteiger partial charge on any atom is 0.0332 e. The van der Waals surface area contributed by atoms with Crippen molar-refractivity contribution in [3.05, 3.63) is 23.5 Å². The first-order chi connectivity index (χ1) is 5.92. The summed E-state index contributed by atoms with van der Waals surface area (Å²) in [5, 5.41) is 0. The molecule has 0 unspecified atom stereocenters. The molecule has 1 nitrogen and oxygen atoms in total. The lowest BCUT2D eigenvalue weighted by atomic mass is 10.1. The summed E-state index contributed by atoms with van der Waals surface area (Å²) in [7, 11) is 1.79. The molecule has 0 saturated heterocycles. The fourth-order valence-corrected chi connectivity index (χ4v) is 3.34. The molecule has 0 atom stereocenters. The minimum atomic E-state index is 1.28. The van der Waals surface area contributed by atoms with Crippen LogP contribution in [0.4, 0.5) is 0 Å². The van der Waals surface area contributed by atoms with Gasteiger partial charge in [-0.3, -0.25) is 3.97 Å². The standard InChI is InChI=1S/C9H12INS/c10-12-11-7-6-8-4-2-1-3-5-9(8)11/h6-7H,1-5H2. The van der Waals surface area contributed by atoms with E-state index >= 15 is 0 Å². The van der Waals surface area contributed by atoms with Gasteiger partial charge in [0, 0.05) is 42.2 Å². The second-order valence-corrected chi connectivity index (χ2v) is 4.96. The van der Waals surface area contributed by atoms with E-state index in [1.807, 2.05) is 0 Å². The van der Waals surface area contributed by atoms with Crippen molar-refractivity contribution in [1.29, 1.82) is 0 Å². The summed E-state index contributed by atoms with van der Waals surface area (Å²) in [4.78, 5) is 0. The lowest BCUT2D eigenvalue weighted by Crippen LogP contribution is -1.92. The van der Waals surface area contributed by atoms with Gasteiger partial charge in [-0.2, -0.15) is 0 Å². The van der Waals surface area contributed by atoms with E-state index in [-0.39, 0.29) is 0 Å². The Morgan fingerprint density at radius 2 is 2.08 bits per heavy atom. The van der Waals surface area contributed by atoms with Crippen LogP contribution in [-0.2, 0) is 12.8 Å². The lowest BCUT2D eigenvalue weighted by molar-refractivity contribution is 0.705. The highest BCUT2D eigenvalue weighted by Crippen LogP contribution is 2.27. The molecule has 2 rings (SSSR count). The van der Waals surface area contributed by atoms with Gasteiger partial charge in [-0.25, -0.2) is 0 Å². The van der Waals surface area contributed by atoms with Crippen LogP contribution in [0.3, 0.4) is 0 Å². The van der Waals surface area contributed by atoms with Crippen molar-refractivity contribution in [2.45, 2.75) is 32.1 Å². The van der Waals surface area contributed by atoms with E-state index in [0.717, 1.165) is 0 Å². The van der Waals surface area contributed by atoms with Crippen molar-refractivity contribution in [3.63, 3.8) is 0 Å². The Labute approximate surface area is 89.6 Å². The van der Waals surface area contributed by atoms with Crippen LogP contribution < -0.4 is 0 Å². The largest absolute Gasteiger partial charge is 0.287 e. The van der Waals surface area contributed by atoms with E-state index in [9.17, 15) is 0 Å². The van der Waals surface area contributed by atoms with E-state index < -0.39 is 0 Å². The highest BCUT2D eigenvalue weighted by Gasteiger charge is 2.11. The van der Waals surface area contributed by atoms with Gasteiger partial charge in [-0.05, 0) is 37.3 Å². The Morgan fingerprint density at radius 1 is 1.25 bits per heavy atom. The summed E-state index contributed by atoms with van der Waals surface area (Å²) in [6, 6.07) is 2.28. The predicted octanol–water partition coefficient (Wildman–Crippen LogP) is 3.60. The van der Waals surface area contributed by atoms with Crippen LogP contribution in [0.2, 0.25) is 0 Å². The Kier molecular flexibility index (Phi) is 3.01. The minimum absolute atomic E-state index is 1.28. The molecule has 1 aliphatic rings. The summed E-state index contributed by atoms with van der Waals surface area (Å²) < 4.78 is 2.31. The monoisotopic (exact) mass is 293 g/mol. The smallest absolute Gasteiger partial charge is 0.0332 e. The third kappa shape index (κ3) is 1.66. The molecule has 1 aromatic heterocycles. The van der Waals surface area contributed by atoms with Crippen molar-refractivity contribution in [2.24, 2.45) is 0 Å². The second-order valence-electron chi connectivity index (χ2n) is 3.24. The number of hydrogen-bond donors (Lipinski definition) is 0. The molecular weight excluding hydrogens is 281 g/mol. The third-order valence-electron chi connectivity index (χ3n) is 2.48. The van der Waals surface area contributed by atoms with Crippen LogP contribution in [0.5, 0.6) is 0 Å². The van der Waals surface area contributed by atoms with Crippen molar-refractivity contribution < 1.29 is 0 Å². The average molecular weight is 293 g/mol. The van der Waals surface area contributed by atoms with Gasteiger partial charge >= 0.3 is 0 Å². The van der Waals surface area contributed by atoms with Gasteiger partial charge < -0.3 is 0 Å². The summed E-state index contributed by atoms with van der Waals surface area (Å²) in [5.41, 5.74) is 3.14. The van der Waals surface area contributed by atoms with E-state index in [1.54, 1.807) is 20.4 Å². The topological polar surface area (TPSA) is 4.93 Å². The first-order valence-corrected chi connectivity index (χ1v) is 7.71. The van der Waals surface area contributed by atoms with Crippen molar-refractivity contribution in [2.75, 3.05) is 0 Å².